The van der Waals surface area contributed by atoms with Crippen LogP contribution >= 0.6 is 11.3 Å². The summed E-state index contributed by atoms with van der Waals surface area (Å²) in [6, 6.07) is 11.4. The van der Waals surface area contributed by atoms with Crippen LogP contribution in [-0.2, 0) is 17.9 Å². The third kappa shape index (κ3) is 4.58. The van der Waals surface area contributed by atoms with E-state index in [-0.39, 0.29) is 23.8 Å². The molecular formula is C24H22FN3O4S. The van der Waals surface area contributed by atoms with E-state index >= 15 is 0 Å². The number of benzene rings is 2. The second kappa shape index (κ2) is 9.41. The molecule has 0 N–H and O–H groups in total. The molecule has 33 heavy (non-hydrogen) atoms. The number of nitrogens with zero attached hydrogens (tertiary/aromatic N) is 3. The third-order valence-corrected chi connectivity index (χ3v) is 6.20. The van der Waals surface area contributed by atoms with Gasteiger partial charge in [-0.1, -0.05) is 18.2 Å². The topological polar surface area (TPSA) is 73.7 Å². The van der Waals surface area contributed by atoms with Crippen molar-refractivity contribution in [3.63, 3.8) is 0 Å². The summed E-state index contributed by atoms with van der Waals surface area (Å²) in [6.07, 6.45) is 1.39. The highest BCUT2D eigenvalue weighted by Gasteiger charge is 2.17. The average Bonchev–Trinajstić information content (AvgIpc) is 3.26. The number of methoxy groups -OCH3 is 2. The van der Waals surface area contributed by atoms with Gasteiger partial charge in [-0.15, -0.1) is 11.3 Å². The fourth-order valence-electron chi connectivity index (χ4n) is 3.53. The van der Waals surface area contributed by atoms with Crippen LogP contribution in [0.15, 0.2) is 59.0 Å². The minimum atomic E-state index is -0.350. The zero-order valence-corrected chi connectivity index (χ0v) is 19.2. The molecule has 170 valence electrons. The van der Waals surface area contributed by atoms with Gasteiger partial charge < -0.3 is 14.4 Å². The van der Waals surface area contributed by atoms with Crippen LogP contribution in [0.1, 0.15) is 5.56 Å². The number of carbonyl (C=O) groups is 1. The molecule has 0 bridgehead atoms. The number of carbonyl (C=O) groups excluding carboxylic acids is 1. The Balaban J connectivity index is 1.56. The van der Waals surface area contributed by atoms with Crippen molar-refractivity contribution in [2.45, 2.75) is 13.1 Å². The lowest BCUT2D eigenvalue weighted by Crippen LogP contribution is -2.33. The summed E-state index contributed by atoms with van der Waals surface area (Å²) in [5.74, 6) is 0.588. The van der Waals surface area contributed by atoms with Gasteiger partial charge in [-0.2, -0.15) is 0 Å². The zero-order valence-electron chi connectivity index (χ0n) is 18.4. The van der Waals surface area contributed by atoms with Gasteiger partial charge in [-0.25, -0.2) is 9.37 Å². The number of amides is 1. The van der Waals surface area contributed by atoms with Crippen LogP contribution in [0.3, 0.4) is 0 Å². The van der Waals surface area contributed by atoms with Gasteiger partial charge in [0.2, 0.25) is 5.91 Å². The Labute approximate surface area is 193 Å². The first kappa shape index (κ1) is 22.5. The number of halogens is 1. The average molecular weight is 468 g/mol. The van der Waals surface area contributed by atoms with Crippen LogP contribution in [0.4, 0.5) is 4.39 Å². The maximum atomic E-state index is 13.3. The van der Waals surface area contributed by atoms with Crippen molar-refractivity contribution in [3.8, 4) is 22.6 Å². The SMILES string of the molecule is COc1ccc(CN(C)C(=O)Cn2cnc3scc(-c4ccc(F)cc4)c3c2=O)cc1OC. The van der Waals surface area contributed by atoms with Crippen LogP contribution in [0.25, 0.3) is 21.3 Å². The van der Waals surface area contributed by atoms with Crippen molar-refractivity contribution in [1.82, 2.24) is 14.5 Å². The van der Waals surface area contributed by atoms with E-state index in [2.05, 4.69) is 4.98 Å². The predicted molar refractivity (Wildman–Crippen MR) is 125 cm³/mol. The Kier molecular flexibility index (Phi) is 6.41. The van der Waals surface area contributed by atoms with Crippen molar-refractivity contribution in [2.24, 2.45) is 0 Å². The number of likely N-dealkylation sites (N-methyl/N-ethyl adjacent to an activating group) is 1. The first-order valence-electron chi connectivity index (χ1n) is 10.1. The summed E-state index contributed by atoms with van der Waals surface area (Å²) in [4.78, 5) is 32.5. The molecule has 1 amide bonds. The molecule has 4 aromatic rings. The third-order valence-electron chi connectivity index (χ3n) is 5.31. The van der Waals surface area contributed by atoms with Gasteiger partial charge in [0.05, 0.1) is 25.9 Å². The summed E-state index contributed by atoms with van der Waals surface area (Å²) in [6.45, 7) is 0.188. The fourth-order valence-corrected chi connectivity index (χ4v) is 4.44. The molecule has 4 rings (SSSR count). The van der Waals surface area contributed by atoms with Crippen molar-refractivity contribution in [2.75, 3.05) is 21.3 Å². The first-order chi connectivity index (χ1) is 15.9. The summed E-state index contributed by atoms with van der Waals surface area (Å²) in [5, 5.41) is 2.24. The van der Waals surface area contributed by atoms with E-state index in [0.717, 1.165) is 11.1 Å². The molecule has 0 unspecified atom stereocenters. The zero-order chi connectivity index (χ0) is 23.5. The summed E-state index contributed by atoms with van der Waals surface area (Å²) in [5.41, 5.74) is 1.94. The number of hydrogen-bond acceptors (Lipinski definition) is 6. The quantitative estimate of drug-likeness (QED) is 0.412. The number of hydrogen-bond donors (Lipinski definition) is 0. The second-order valence-electron chi connectivity index (χ2n) is 7.45. The van der Waals surface area contributed by atoms with Gasteiger partial charge in [-0.05, 0) is 35.4 Å². The second-order valence-corrected chi connectivity index (χ2v) is 8.31. The summed E-state index contributed by atoms with van der Waals surface area (Å²) in [7, 11) is 4.78. The minimum Gasteiger partial charge on any atom is -0.493 e. The van der Waals surface area contributed by atoms with Crippen molar-refractivity contribution < 1.29 is 18.7 Å². The van der Waals surface area contributed by atoms with Gasteiger partial charge in [0.25, 0.3) is 5.56 Å². The molecule has 0 atom stereocenters. The predicted octanol–water partition coefficient (Wildman–Crippen LogP) is 3.94. The number of ether oxygens (including phenoxy) is 2. The highest BCUT2D eigenvalue weighted by Crippen LogP contribution is 2.31. The van der Waals surface area contributed by atoms with Crippen molar-refractivity contribution in [1.29, 1.82) is 0 Å². The maximum absolute atomic E-state index is 13.3. The van der Waals surface area contributed by atoms with E-state index in [1.165, 1.54) is 39.3 Å². The molecule has 0 saturated carbocycles. The highest BCUT2D eigenvalue weighted by molar-refractivity contribution is 7.17. The monoisotopic (exact) mass is 467 g/mol. The number of fused-ring (bicyclic) bond motifs is 1. The van der Waals surface area contributed by atoms with Gasteiger partial charge in [0, 0.05) is 24.5 Å². The standard InChI is InChI=1S/C24H22FN3O4S/c1-27(11-15-4-9-19(31-2)20(10-15)32-3)21(29)12-28-14-26-23-22(24(28)30)18(13-33-23)16-5-7-17(25)8-6-16/h4-10,13-14H,11-12H2,1-3H3. The lowest BCUT2D eigenvalue weighted by atomic mass is 10.1. The highest BCUT2D eigenvalue weighted by atomic mass is 32.1. The van der Waals surface area contributed by atoms with Gasteiger partial charge in [0.15, 0.2) is 11.5 Å². The maximum Gasteiger partial charge on any atom is 0.263 e. The number of thiophene rings is 1. The minimum absolute atomic E-state index is 0.149. The molecule has 7 nitrogen and oxygen atoms in total. The molecule has 0 aliphatic carbocycles. The molecule has 0 aliphatic heterocycles. The Morgan fingerprint density at radius 2 is 1.85 bits per heavy atom. The largest absolute Gasteiger partial charge is 0.493 e. The molecular weight excluding hydrogens is 445 g/mol. The van der Waals surface area contributed by atoms with Crippen LogP contribution in [-0.4, -0.2) is 41.6 Å². The van der Waals surface area contributed by atoms with Gasteiger partial charge in [-0.3, -0.25) is 14.2 Å². The Morgan fingerprint density at radius 1 is 1.12 bits per heavy atom. The van der Waals surface area contributed by atoms with E-state index in [0.29, 0.717) is 33.8 Å². The van der Waals surface area contributed by atoms with Gasteiger partial charge in [0.1, 0.15) is 17.2 Å². The van der Waals surface area contributed by atoms with Crippen molar-refractivity contribution >= 4 is 27.5 Å². The fraction of sp³-hybridized carbons (Fsp3) is 0.208. The lowest BCUT2D eigenvalue weighted by Gasteiger charge is -2.19. The van der Waals surface area contributed by atoms with Crippen molar-refractivity contribution in [3.05, 3.63) is 75.9 Å². The number of rotatable bonds is 7. The van der Waals surface area contributed by atoms with Crippen LogP contribution < -0.4 is 15.0 Å². The molecule has 2 heterocycles. The molecule has 0 spiro atoms. The Hall–Kier alpha value is -3.72. The normalized spacial score (nSPS) is 10.9. The molecule has 0 fully saturated rings. The molecule has 2 aromatic heterocycles. The molecule has 0 aliphatic rings. The Morgan fingerprint density at radius 3 is 2.55 bits per heavy atom. The molecule has 2 aromatic carbocycles. The van der Waals surface area contributed by atoms with Gasteiger partial charge >= 0.3 is 0 Å². The lowest BCUT2D eigenvalue weighted by molar-refractivity contribution is -0.131. The van der Waals surface area contributed by atoms with Crippen LogP contribution in [0.2, 0.25) is 0 Å². The van der Waals surface area contributed by atoms with Crippen LogP contribution in [0.5, 0.6) is 11.5 Å². The van der Waals surface area contributed by atoms with E-state index in [1.54, 1.807) is 39.5 Å². The summed E-state index contributed by atoms with van der Waals surface area (Å²) < 4.78 is 25.2. The first-order valence-corrected chi connectivity index (χ1v) is 11.0. The molecule has 0 saturated heterocycles. The van der Waals surface area contributed by atoms with E-state index in [1.807, 2.05) is 17.5 Å². The smallest absolute Gasteiger partial charge is 0.263 e. The van der Waals surface area contributed by atoms with E-state index < -0.39 is 0 Å². The molecule has 0 radical (unpaired) electrons. The number of aromatic nitrogens is 2. The van der Waals surface area contributed by atoms with Crippen LogP contribution in [0, 0.1) is 5.82 Å². The van der Waals surface area contributed by atoms with E-state index in [9.17, 15) is 14.0 Å². The van der Waals surface area contributed by atoms with E-state index in [4.69, 9.17) is 9.47 Å². The Bertz CT molecular complexity index is 1360. The summed E-state index contributed by atoms with van der Waals surface area (Å²) >= 11 is 1.33. The molecule has 9 heteroatoms.